The number of fused-ring (bicyclic) bond motifs is 1. The molecule has 0 saturated carbocycles. The Labute approximate surface area is 147 Å². The van der Waals surface area contributed by atoms with Crippen LogP contribution in [0.15, 0.2) is 60.7 Å². The van der Waals surface area contributed by atoms with Gasteiger partial charge in [0, 0.05) is 11.3 Å². The number of nitrogens with one attached hydrogen (secondary N) is 1. The minimum absolute atomic E-state index is 0.217. The number of rotatable bonds is 3. The van der Waals surface area contributed by atoms with Gasteiger partial charge in [-0.2, -0.15) is 0 Å². The van der Waals surface area contributed by atoms with Crippen LogP contribution in [0.3, 0.4) is 0 Å². The van der Waals surface area contributed by atoms with Crippen LogP contribution in [0.5, 0.6) is 0 Å². The summed E-state index contributed by atoms with van der Waals surface area (Å²) >= 11 is 0. The van der Waals surface area contributed by atoms with E-state index in [4.69, 9.17) is 9.97 Å². The fourth-order valence-corrected chi connectivity index (χ4v) is 3.16. The molecular formula is C21H19N3O. The van der Waals surface area contributed by atoms with Gasteiger partial charge in [0.25, 0.3) is 5.91 Å². The SMILES string of the molecule is O=C(Nc1ccccc1)c1nc2c(nc1-c1ccccc1)CCCC2. The average molecular weight is 329 g/mol. The number of benzene rings is 2. The molecule has 0 aliphatic heterocycles. The Morgan fingerprint density at radius 1 is 0.800 bits per heavy atom. The largest absolute Gasteiger partial charge is 0.321 e. The summed E-state index contributed by atoms with van der Waals surface area (Å²) in [6.07, 6.45) is 4.06. The summed E-state index contributed by atoms with van der Waals surface area (Å²) in [7, 11) is 0. The molecule has 0 bridgehead atoms. The number of para-hydroxylation sites is 1. The van der Waals surface area contributed by atoms with E-state index in [0.29, 0.717) is 11.4 Å². The van der Waals surface area contributed by atoms with E-state index in [9.17, 15) is 4.79 Å². The molecule has 1 amide bonds. The first-order valence-electron chi connectivity index (χ1n) is 8.63. The minimum Gasteiger partial charge on any atom is -0.321 e. The molecule has 1 N–H and O–H groups in total. The number of nitrogens with zero attached hydrogens (tertiary/aromatic N) is 2. The standard InChI is InChI=1S/C21H19N3O/c25-21(22-16-11-5-2-6-12-16)20-19(15-9-3-1-4-10-15)23-17-13-7-8-14-18(17)24-20/h1-6,9-12H,7-8,13-14H2,(H,22,25). The molecular weight excluding hydrogens is 310 g/mol. The summed E-state index contributed by atoms with van der Waals surface area (Å²) < 4.78 is 0. The Morgan fingerprint density at radius 3 is 2.08 bits per heavy atom. The van der Waals surface area contributed by atoms with Crippen molar-refractivity contribution in [3.63, 3.8) is 0 Å². The monoisotopic (exact) mass is 329 g/mol. The Morgan fingerprint density at radius 2 is 1.40 bits per heavy atom. The fraction of sp³-hybridized carbons (Fsp3) is 0.190. The van der Waals surface area contributed by atoms with Crippen LogP contribution < -0.4 is 5.32 Å². The zero-order chi connectivity index (χ0) is 17.1. The molecule has 2 aromatic carbocycles. The van der Waals surface area contributed by atoms with Crippen LogP contribution in [-0.2, 0) is 12.8 Å². The van der Waals surface area contributed by atoms with Gasteiger partial charge in [-0.25, -0.2) is 9.97 Å². The maximum absolute atomic E-state index is 12.9. The number of hydrogen-bond acceptors (Lipinski definition) is 3. The number of aryl methyl sites for hydroxylation is 2. The van der Waals surface area contributed by atoms with Crippen LogP contribution in [0.4, 0.5) is 5.69 Å². The van der Waals surface area contributed by atoms with E-state index >= 15 is 0 Å². The third-order valence-electron chi connectivity index (χ3n) is 4.42. The predicted molar refractivity (Wildman–Crippen MR) is 98.5 cm³/mol. The molecule has 0 radical (unpaired) electrons. The van der Waals surface area contributed by atoms with Gasteiger partial charge in [-0.15, -0.1) is 0 Å². The van der Waals surface area contributed by atoms with Crippen LogP contribution in [-0.4, -0.2) is 15.9 Å². The fourth-order valence-electron chi connectivity index (χ4n) is 3.16. The number of hydrogen-bond donors (Lipinski definition) is 1. The van der Waals surface area contributed by atoms with Crippen molar-refractivity contribution in [1.29, 1.82) is 0 Å². The number of carbonyl (C=O) groups excluding carboxylic acids is 1. The van der Waals surface area contributed by atoms with Crippen molar-refractivity contribution in [2.24, 2.45) is 0 Å². The van der Waals surface area contributed by atoms with E-state index in [1.165, 1.54) is 0 Å². The Bertz CT molecular complexity index is 892. The normalized spacial score (nSPS) is 13.1. The lowest BCUT2D eigenvalue weighted by molar-refractivity contribution is 0.102. The third-order valence-corrected chi connectivity index (χ3v) is 4.42. The lowest BCUT2D eigenvalue weighted by atomic mass is 9.99. The highest BCUT2D eigenvalue weighted by Gasteiger charge is 2.22. The number of aromatic nitrogens is 2. The molecule has 0 atom stereocenters. The van der Waals surface area contributed by atoms with Crippen molar-refractivity contribution >= 4 is 11.6 Å². The van der Waals surface area contributed by atoms with E-state index in [-0.39, 0.29) is 5.91 Å². The van der Waals surface area contributed by atoms with Crippen LogP contribution in [0.25, 0.3) is 11.3 Å². The molecule has 25 heavy (non-hydrogen) atoms. The second-order valence-corrected chi connectivity index (χ2v) is 6.21. The number of carbonyl (C=O) groups is 1. The van der Waals surface area contributed by atoms with Gasteiger partial charge >= 0.3 is 0 Å². The van der Waals surface area contributed by atoms with Crippen molar-refractivity contribution in [2.75, 3.05) is 5.32 Å². The van der Waals surface area contributed by atoms with Gasteiger partial charge in [-0.05, 0) is 37.8 Å². The lowest BCUT2D eigenvalue weighted by Crippen LogP contribution is -2.19. The highest BCUT2D eigenvalue weighted by molar-refractivity contribution is 6.06. The third kappa shape index (κ3) is 3.29. The summed E-state index contributed by atoms with van der Waals surface area (Å²) in [5.74, 6) is -0.217. The summed E-state index contributed by atoms with van der Waals surface area (Å²) in [5, 5.41) is 2.93. The average Bonchev–Trinajstić information content (AvgIpc) is 2.68. The maximum atomic E-state index is 12.9. The summed E-state index contributed by atoms with van der Waals surface area (Å²) in [6, 6.07) is 19.3. The van der Waals surface area contributed by atoms with Crippen LogP contribution in [0.2, 0.25) is 0 Å². The molecule has 4 nitrogen and oxygen atoms in total. The Kier molecular flexibility index (Phi) is 4.25. The topological polar surface area (TPSA) is 54.9 Å². The van der Waals surface area contributed by atoms with E-state index in [2.05, 4.69) is 5.32 Å². The van der Waals surface area contributed by atoms with Crippen LogP contribution >= 0.6 is 0 Å². The molecule has 1 aliphatic rings. The minimum atomic E-state index is -0.217. The first-order valence-corrected chi connectivity index (χ1v) is 8.63. The van der Waals surface area contributed by atoms with E-state index in [1.807, 2.05) is 60.7 Å². The van der Waals surface area contributed by atoms with Gasteiger partial charge < -0.3 is 5.32 Å². The van der Waals surface area contributed by atoms with Crippen LogP contribution in [0.1, 0.15) is 34.7 Å². The molecule has 3 aromatic rings. The Hall–Kier alpha value is -3.01. The van der Waals surface area contributed by atoms with Gasteiger partial charge in [-0.1, -0.05) is 48.5 Å². The first kappa shape index (κ1) is 15.5. The number of amides is 1. The summed E-state index contributed by atoms with van der Waals surface area (Å²) in [5.41, 5.74) is 4.73. The molecule has 1 heterocycles. The van der Waals surface area contributed by atoms with Crippen molar-refractivity contribution in [3.8, 4) is 11.3 Å². The molecule has 0 unspecified atom stereocenters. The van der Waals surface area contributed by atoms with Gasteiger partial charge in [0.05, 0.1) is 11.4 Å². The van der Waals surface area contributed by atoms with Gasteiger partial charge in [-0.3, -0.25) is 4.79 Å². The molecule has 1 aliphatic carbocycles. The highest BCUT2D eigenvalue weighted by atomic mass is 16.1. The summed E-state index contributed by atoms with van der Waals surface area (Å²) in [4.78, 5) is 22.4. The smallest absolute Gasteiger partial charge is 0.276 e. The molecule has 0 spiro atoms. The zero-order valence-electron chi connectivity index (χ0n) is 13.9. The van der Waals surface area contributed by atoms with E-state index in [0.717, 1.165) is 48.3 Å². The quantitative estimate of drug-likeness (QED) is 0.780. The molecule has 4 rings (SSSR count). The predicted octanol–water partition coefficient (Wildman–Crippen LogP) is 4.27. The van der Waals surface area contributed by atoms with Gasteiger partial charge in [0.2, 0.25) is 0 Å². The second-order valence-electron chi connectivity index (χ2n) is 6.21. The molecule has 4 heteroatoms. The maximum Gasteiger partial charge on any atom is 0.276 e. The van der Waals surface area contributed by atoms with Crippen molar-refractivity contribution in [1.82, 2.24) is 9.97 Å². The van der Waals surface area contributed by atoms with Crippen molar-refractivity contribution in [2.45, 2.75) is 25.7 Å². The van der Waals surface area contributed by atoms with Crippen molar-refractivity contribution < 1.29 is 4.79 Å². The highest BCUT2D eigenvalue weighted by Crippen LogP contribution is 2.26. The van der Waals surface area contributed by atoms with E-state index in [1.54, 1.807) is 0 Å². The molecule has 0 fully saturated rings. The molecule has 0 saturated heterocycles. The van der Waals surface area contributed by atoms with Crippen LogP contribution in [0, 0.1) is 0 Å². The van der Waals surface area contributed by atoms with Gasteiger partial charge in [0.1, 0.15) is 5.69 Å². The molecule has 1 aromatic heterocycles. The Balaban J connectivity index is 1.78. The second kappa shape index (κ2) is 6.85. The zero-order valence-corrected chi connectivity index (χ0v) is 13.9. The van der Waals surface area contributed by atoms with Crippen molar-refractivity contribution in [3.05, 3.63) is 77.7 Å². The first-order chi connectivity index (χ1) is 12.3. The van der Waals surface area contributed by atoms with E-state index < -0.39 is 0 Å². The number of anilines is 1. The summed E-state index contributed by atoms with van der Waals surface area (Å²) in [6.45, 7) is 0. The lowest BCUT2D eigenvalue weighted by Gasteiger charge is -2.17. The molecule has 124 valence electrons. The van der Waals surface area contributed by atoms with Gasteiger partial charge in [0.15, 0.2) is 5.69 Å².